The third kappa shape index (κ3) is 2.87. The molecule has 3 rings (SSSR count). The summed E-state index contributed by atoms with van der Waals surface area (Å²) in [6.45, 7) is 2.71. The topological polar surface area (TPSA) is 64.2 Å². The zero-order valence-corrected chi connectivity index (χ0v) is 13.2. The van der Waals surface area contributed by atoms with Crippen molar-refractivity contribution in [3.63, 3.8) is 0 Å². The minimum atomic E-state index is -0.0507. The summed E-state index contributed by atoms with van der Waals surface area (Å²) < 4.78 is 1.63. The summed E-state index contributed by atoms with van der Waals surface area (Å²) >= 11 is 6.17. The molecule has 0 saturated carbocycles. The fourth-order valence-corrected chi connectivity index (χ4v) is 3.09. The number of benzene rings is 1. The first-order valence-electron chi connectivity index (χ1n) is 7.43. The van der Waals surface area contributed by atoms with Gasteiger partial charge >= 0.3 is 0 Å². The van der Waals surface area contributed by atoms with E-state index in [9.17, 15) is 4.79 Å². The number of amides is 1. The molecule has 0 spiro atoms. The van der Waals surface area contributed by atoms with E-state index in [1.807, 2.05) is 30.0 Å². The standard InChI is InChI=1S/C16H19ClN4O/c1-11-10-12(18)6-8-20(11)16(22)14-7-9-21(19-14)15-5-3-2-4-13(15)17/h2-5,7,9,11-12H,6,8,10,18H2,1H3/t11-,12+/m1/s1. The maximum atomic E-state index is 12.6. The van der Waals surface area contributed by atoms with Crippen LogP contribution in [0.1, 0.15) is 30.3 Å². The van der Waals surface area contributed by atoms with Crippen LogP contribution in [0.3, 0.4) is 0 Å². The SMILES string of the molecule is C[C@@H]1C[C@@H](N)CCN1C(=O)c1ccn(-c2ccccc2Cl)n1. The highest BCUT2D eigenvalue weighted by Crippen LogP contribution is 2.21. The van der Waals surface area contributed by atoms with Gasteiger partial charge in [0.1, 0.15) is 0 Å². The van der Waals surface area contributed by atoms with Crippen LogP contribution in [0.25, 0.3) is 5.69 Å². The van der Waals surface area contributed by atoms with Gasteiger partial charge in [-0.05, 0) is 38.0 Å². The molecule has 0 bridgehead atoms. The molecule has 116 valence electrons. The summed E-state index contributed by atoms with van der Waals surface area (Å²) in [4.78, 5) is 14.5. The van der Waals surface area contributed by atoms with Gasteiger partial charge in [0.2, 0.25) is 0 Å². The average molecular weight is 319 g/mol. The van der Waals surface area contributed by atoms with Gasteiger partial charge in [0.25, 0.3) is 5.91 Å². The Hall–Kier alpha value is -1.85. The fourth-order valence-electron chi connectivity index (χ4n) is 2.87. The molecule has 2 heterocycles. The number of halogens is 1. The second-order valence-electron chi connectivity index (χ2n) is 5.73. The highest BCUT2D eigenvalue weighted by Gasteiger charge is 2.28. The normalized spacial score (nSPS) is 21.9. The van der Waals surface area contributed by atoms with Crippen LogP contribution in [0.2, 0.25) is 5.02 Å². The molecule has 0 radical (unpaired) electrons. The number of hydrogen-bond acceptors (Lipinski definition) is 3. The predicted molar refractivity (Wildman–Crippen MR) is 86.3 cm³/mol. The van der Waals surface area contributed by atoms with Crippen LogP contribution in [-0.4, -0.2) is 39.2 Å². The maximum absolute atomic E-state index is 12.6. The summed E-state index contributed by atoms with van der Waals surface area (Å²) in [7, 11) is 0. The van der Waals surface area contributed by atoms with Crippen LogP contribution in [0, 0.1) is 0 Å². The summed E-state index contributed by atoms with van der Waals surface area (Å²) in [5, 5.41) is 4.98. The molecule has 0 unspecified atom stereocenters. The van der Waals surface area contributed by atoms with Crippen LogP contribution in [0.4, 0.5) is 0 Å². The molecule has 1 aromatic carbocycles. The van der Waals surface area contributed by atoms with Gasteiger partial charge in [0.05, 0.1) is 10.7 Å². The molecule has 0 aliphatic carbocycles. The number of hydrogen-bond donors (Lipinski definition) is 1. The minimum absolute atomic E-state index is 0.0507. The van der Waals surface area contributed by atoms with E-state index in [0.29, 0.717) is 17.3 Å². The lowest BCUT2D eigenvalue weighted by molar-refractivity contribution is 0.0612. The van der Waals surface area contributed by atoms with Crippen LogP contribution in [-0.2, 0) is 0 Å². The van der Waals surface area contributed by atoms with Crippen molar-refractivity contribution >= 4 is 17.5 Å². The molecular formula is C16H19ClN4O. The first kappa shape index (κ1) is 15.1. The Morgan fingerprint density at radius 2 is 2.14 bits per heavy atom. The first-order valence-corrected chi connectivity index (χ1v) is 7.81. The Kier molecular flexibility index (Phi) is 4.18. The van der Waals surface area contributed by atoms with Gasteiger partial charge in [-0.2, -0.15) is 5.10 Å². The number of carbonyl (C=O) groups excluding carboxylic acids is 1. The van der Waals surface area contributed by atoms with E-state index in [4.69, 9.17) is 17.3 Å². The molecule has 5 nitrogen and oxygen atoms in total. The van der Waals surface area contributed by atoms with Crippen molar-refractivity contribution in [1.29, 1.82) is 0 Å². The van der Waals surface area contributed by atoms with Crippen LogP contribution in [0.15, 0.2) is 36.5 Å². The van der Waals surface area contributed by atoms with Gasteiger partial charge in [0, 0.05) is 24.8 Å². The summed E-state index contributed by atoms with van der Waals surface area (Å²) in [6, 6.07) is 9.47. The number of likely N-dealkylation sites (tertiary alicyclic amines) is 1. The number of rotatable bonds is 2. The van der Waals surface area contributed by atoms with E-state index in [0.717, 1.165) is 18.5 Å². The molecule has 1 fully saturated rings. The van der Waals surface area contributed by atoms with Gasteiger partial charge in [-0.15, -0.1) is 0 Å². The van der Waals surface area contributed by atoms with E-state index >= 15 is 0 Å². The van der Waals surface area contributed by atoms with Gasteiger partial charge in [0.15, 0.2) is 5.69 Å². The van der Waals surface area contributed by atoms with E-state index in [2.05, 4.69) is 5.10 Å². The zero-order valence-electron chi connectivity index (χ0n) is 12.4. The Morgan fingerprint density at radius 3 is 2.86 bits per heavy atom. The number of nitrogens with zero attached hydrogens (tertiary/aromatic N) is 3. The fraction of sp³-hybridized carbons (Fsp3) is 0.375. The number of piperidine rings is 1. The molecule has 1 aliphatic rings. The number of carbonyl (C=O) groups is 1. The third-order valence-corrected chi connectivity index (χ3v) is 4.40. The number of para-hydroxylation sites is 1. The zero-order chi connectivity index (χ0) is 15.7. The van der Waals surface area contributed by atoms with E-state index in [-0.39, 0.29) is 18.0 Å². The van der Waals surface area contributed by atoms with Crippen molar-refractivity contribution in [2.45, 2.75) is 31.8 Å². The average Bonchev–Trinajstić information content (AvgIpc) is 2.97. The molecule has 1 amide bonds. The van der Waals surface area contributed by atoms with Gasteiger partial charge in [-0.1, -0.05) is 23.7 Å². The van der Waals surface area contributed by atoms with Crippen molar-refractivity contribution in [3.8, 4) is 5.69 Å². The molecule has 1 saturated heterocycles. The van der Waals surface area contributed by atoms with Crippen LogP contribution < -0.4 is 5.73 Å². The Bertz CT molecular complexity index is 684. The van der Waals surface area contributed by atoms with Crippen LogP contribution >= 0.6 is 11.6 Å². The quantitative estimate of drug-likeness (QED) is 0.925. The summed E-state index contributed by atoms with van der Waals surface area (Å²) in [5.74, 6) is -0.0507. The molecule has 2 aromatic rings. The Labute approximate surface area is 134 Å². The van der Waals surface area contributed by atoms with Gasteiger partial charge in [-0.25, -0.2) is 4.68 Å². The summed E-state index contributed by atoms with van der Waals surface area (Å²) in [6.07, 6.45) is 3.42. The van der Waals surface area contributed by atoms with Crippen molar-refractivity contribution < 1.29 is 4.79 Å². The minimum Gasteiger partial charge on any atom is -0.334 e. The Morgan fingerprint density at radius 1 is 1.36 bits per heavy atom. The lowest BCUT2D eigenvalue weighted by Crippen LogP contribution is -2.48. The monoisotopic (exact) mass is 318 g/mol. The second kappa shape index (κ2) is 6.10. The molecule has 2 atom stereocenters. The Balaban J connectivity index is 1.82. The highest BCUT2D eigenvalue weighted by atomic mass is 35.5. The molecule has 1 aliphatic heterocycles. The van der Waals surface area contributed by atoms with E-state index in [1.165, 1.54) is 0 Å². The predicted octanol–water partition coefficient (Wildman–Crippen LogP) is 2.48. The largest absolute Gasteiger partial charge is 0.334 e. The lowest BCUT2D eigenvalue weighted by atomic mass is 9.99. The van der Waals surface area contributed by atoms with Crippen molar-refractivity contribution in [1.82, 2.24) is 14.7 Å². The molecular weight excluding hydrogens is 300 g/mol. The van der Waals surface area contributed by atoms with Gasteiger partial charge < -0.3 is 10.6 Å². The van der Waals surface area contributed by atoms with Crippen molar-refractivity contribution in [2.75, 3.05) is 6.54 Å². The first-order chi connectivity index (χ1) is 10.6. The van der Waals surface area contributed by atoms with Gasteiger partial charge in [-0.3, -0.25) is 4.79 Å². The second-order valence-corrected chi connectivity index (χ2v) is 6.14. The molecule has 2 N–H and O–H groups in total. The molecule has 22 heavy (non-hydrogen) atoms. The highest BCUT2D eigenvalue weighted by molar-refractivity contribution is 6.32. The number of aromatic nitrogens is 2. The van der Waals surface area contributed by atoms with Crippen LogP contribution in [0.5, 0.6) is 0 Å². The van der Waals surface area contributed by atoms with Crippen molar-refractivity contribution in [3.05, 3.63) is 47.2 Å². The summed E-state index contributed by atoms with van der Waals surface area (Å²) in [5.41, 5.74) is 7.14. The lowest BCUT2D eigenvalue weighted by Gasteiger charge is -2.35. The maximum Gasteiger partial charge on any atom is 0.274 e. The molecule has 1 aromatic heterocycles. The number of nitrogens with two attached hydrogens (primary N) is 1. The molecule has 6 heteroatoms. The van der Waals surface area contributed by atoms with E-state index in [1.54, 1.807) is 23.0 Å². The smallest absolute Gasteiger partial charge is 0.274 e. The van der Waals surface area contributed by atoms with E-state index < -0.39 is 0 Å². The third-order valence-electron chi connectivity index (χ3n) is 4.09. The van der Waals surface area contributed by atoms with Crippen molar-refractivity contribution in [2.24, 2.45) is 5.73 Å².